The molecule has 1 unspecified atom stereocenters. The van der Waals surface area contributed by atoms with Crippen LogP contribution in [0, 0.1) is 5.92 Å². The van der Waals surface area contributed by atoms with Gasteiger partial charge < -0.3 is 23.9 Å². The van der Waals surface area contributed by atoms with Crippen LogP contribution in [0.4, 0.5) is 0 Å². The summed E-state index contributed by atoms with van der Waals surface area (Å²) in [7, 11) is 0. The van der Waals surface area contributed by atoms with Crippen molar-refractivity contribution >= 4 is 51.9 Å². The van der Waals surface area contributed by atoms with Crippen molar-refractivity contribution in [2.45, 2.75) is 38.8 Å². The maximum Gasteiger partial charge on any atom is 0.338 e. The van der Waals surface area contributed by atoms with Crippen molar-refractivity contribution in [1.82, 2.24) is 0 Å². The standard InChI is InChI=1S/C25H27NO6.2BrH/c1-2-23(27)31-21-9-4-3-6-20(21)15-26-12-10-17(11-13-26)22(16-26)32-25(30)19-8-5-7-18(14-19)24(28)29;;/h3-9,14,17,22H,2,10-13,15-16H2,1H3;2*1H. The summed E-state index contributed by atoms with van der Waals surface area (Å²) in [6, 6.07) is 13.4. The van der Waals surface area contributed by atoms with Crippen LogP contribution in [-0.2, 0) is 16.1 Å². The number of aromatic carboxylic acids is 1. The lowest BCUT2D eigenvalue weighted by atomic mass is 9.82. The third-order valence-electron chi connectivity index (χ3n) is 6.62. The number of benzene rings is 2. The van der Waals surface area contributed by atoms with Crippen molar-refractivity contribution in [2.24, 2.45) is 5.92 Å². The third kappa shape index (κ3) is 6.25. The number of nitrogens with zero attached hydrogens (tertiary/aromatic N) is 1. The van der Waals surface area contributed by atoms with E-state index in [0.717, 1.165) is 36.0 Å². The first-order valence-electron chi connectivity index (χ1n) is 11.1. The molecule has 9 heteroatoms. The van der Waals surface area contributed by atoms with E-state index in [1.165, 1.54) is 18.2 Å². The van der Waals surface area contributed by atoms with Gasteiger partial charge in [0.1, 0.15) is 18.8 Å². The minimum atomic E-state index is -1.32. The highest BCUT2D eigenvalue weighted by molar-refractivity contribution is 8.93. The molecule has 7 nitrogen and oxygen atoms in total. The molecule has 3 saturated heterocycles. The molecule has 3 fully saturated rings. The summed E-state index contributed by atoms with van der Waals surface area (Å²) in [5, 5.41) is 11.1. The molecule has 2 aromatic rings. The molecule has 5 rings (SSSR count). The second kappa shape index (κ2) is 12.0. The zero-order valence-electron chi connectivity index (χ0n) is 18.9. The first-order valence-corrected chi connectivity index (χ1v) is 11.1. The number of hydrogen-bond donors (Lipinski definition) is 0. The molecule has 34 heavy (non-hydrogen) atoms. The van der Waals surface area contributed by atoms with E-state index in [1.807, 2.05) is 24.3 Å². The van der Waals surface area contributed by atoms with E-state index in [2.05, 4.69) is 0 Å². The minimum absolute atomic E-state index is 0. The van der Waals surface area contributed by atoms with Gasteiger partial charge in [-0.05, 0) is 29.8 Å². The van der Waals surface area contributed by atoms with Gasteiger partial charge in [-0.2, -0.15) is 0 Å². The number of hydrogen-bond acceptors (Lipinski definition) is 6. The molecule has 2 bridgehead atoms. The summed E-state index contributed by atoms with van der Waals surface area (Å²) in [5.41, 5.74) is 1.14. The van der Waals surface area contributed by atoms with E-state index in [0.29, 0.717) is 31.2 Å². The number of ether oxygens (including phenoxy) is 2. The van der Waals surface area contributed by atoms with E-state index in [4.69, 9.17) is 9.47 Å². The lowest BCUT2D eigenvalue weighted by Gasteiger charge is -2.52. The Morgan fingerprint density at radius 1 is 1.00 bits per heavy atom. The summed E-state index contributed by atoms with van der Waals surface area (Å²) in [4.78, 5) is 35.7. The van der Waals surface area contributed by atoms with E-state index < -0.39 is 11.9 Å². The maximum atomic E-state index is 12.7. The Labute approximate surface area is 220 Å². The van der Waals surface area contributed by atoms with Crippen LogP contribution >= 0.6 is 34.0 Å². The quantitative estimate of drug-likeness (QED) is 0.275. The Balaban J connectivity index is 0.00000204. The number of fused-ring (bicyclic) bond motifs is 3. The fourth-order valence-electron chi connectivity index (χ4n) is 4.85. The largest absolute Gasteiger partial charge is 0.545 e. The van der Waals surface area contributed by atoms with Crippen LogP contribution < -0.4 is 9.84 Å². The van der Waals surface area contributed by atoms with Crippen LogP contribution in [0.1, 0.15) is 52.5 Å². The lowest BCUT2D eigenvalue weighted by molar-refractivity contribution is -0.958. The predicted octanol–water partition coefficient (Wildman–Crippen LogP) is 3.49. The van der Waals surface area contributed by atoms with E-state index in [9.17, 15) is 19.5 Å². The molecule has 3 aliphatic rings. The highest BCUT2D eigenvalue weighted by Gasteiger charge is 2.48. The Bertz CT molecular complexity index is 1040. The topological polar surface area (TPSA) is 92.7 Å². The van der Waals surface area contributed by atoms with Crippen molar-refractivity contribution in [3.05, 3.63) is 65.2 Å². The predicted molar refractivity (Wildman–Crippen MR) is 134 cm³/mol. The van der Waals surface area contributed by atoms with Gasteiger partial charge in [-0.15, -0.1) is 34.0 Å². The lowest BCUT2D eigenvalue weighted by Crippen LogP contribution is -2.63. The Hall–Kier alpha value is -2.23. The summed E-state index contributed by atoms with van der Waals surface area (Å²) in [6.07, 6.45) is 1.98. The molecule has 3 heterocycles. The SMILES string of the molecule is Br.Br.CCC(=O)Oc1ccccc1C[N+]12CCC(CC1)C(OC(=O)c1cccc(C(=O)[O-])c1)C2. The van der Waals surface area contributed by atoms with E-state index in [-0.39, 0.29) is 57.2 Å². The van der Waals surface area contributed by atoms with Gasteiger partial charge in [0, 0.05) is 30.7 Å². The van der Waals surface area contributed by atoms with Crippen LogP contribution in [0.2, 0.25) is 0 Å². The number of carbonyl (C=O) groups is 3. The molecular weight excluding hydrogens is 570 g/mol. The second-order valence-corrected chi connectivity index (χ2v) is 8.71. The summed E-state index contributed by atoms with van der Waals surface area (Å²) in [5.74, 6) is -1.21. The van der Waals surface area contributed by atoms with Crippen LogP contribution in [0.15, 0.2) is 48.5 Å². The fraction of sp³-hybridized carbons (Fsp3) is 0.400. The Morgan fingerprint density at radius 3 is 2.35 bits per heavy atom. The molecule has 184 valence electrons. The highest BCUT2D eigenvalue weighted by Crippen LogP contribution is 2.38. The molecule has 0 radical (unpaired) electrons. The minimum Gasteiger partial charge on any atom is -0.545 e. The number of carbonyl (C=O) groups excluding carboxylic acids is 3. The monoisotopic (exact) mass is 597 g/mol. The highest BCUT2D eigenvalue weighted by atomic mass is 79.9. The van der Waals surface area contributed by atoms with Crippen molar-refractivity contribution in [2.75, 3.05) is 19.6 Å². The summed E-state index contributed by atoms with van der Waals surface area (Å²) >= 11 is 0. The van der Waals surface area contributed by atoms with Crippen molar-refractivity contribution < 1.29 is 33.4 Å². The molecule has 0 N–H and O–H groups in total. The van der Waals surface area contributed by atoms with Crippen molar-refractivity contribution in [1.29, 1.82) is 0 Å². The average Bonchev–Trinajstić information content (AvgIpc) is 2.81. The third-order valence-corrected chi connectivity index (χ3v) is 6.62. The van der Waals surface area contributed by atoms with E-state index in [1.54, 1.807) is 13.0 Å². The normalized spacial score (nSPS) is 22.6. The molecule has 0 amide bonds. The number of halogens is 2. The summed E-state index contributed by atoms with van der Waals surface area (Å²) < 4.78 is 12.2. The van der Waals surface area contributed by atoms with Gasteiger partial charge in [-0.3, -0.25) is 4.79 Å². The van der Waals surface area contributed by atoms with Gasteiger partial charge >= 0.3 is 11.9 Å². The van der Waals surface area contributed by atoms with Crippen LogP contribution in [0.25, 0.3) is 0 Å². The average molecular weight is 599 g/mol. The van der Waals surface area contributed by atoms with E-state index >= 15 is 0 Å². The first-order chi connectivity index (χ1) is 15.4. The van der Waals surface area contributed by atoms with Gasteiger partial charge in [0.2, 0.25) is 0 Å². The molecule has 0 spiro atoms. The van der Waals surface area contributed by atoms with Crippen molar-refractivity contribution in [3.63, 3.8) is 0 Å². The number of carboxylic acid groups (broad SMARTS) is 1. The molecular formula is C25H29Br2NO6. The number of esters is 2. The van der Waals surface area contributed by atoms with Gasteiger partial charge in [-0.25, -0.2) is 4.79 Å². The van der Waals surface area contributed by atoms with Crippen molar-refractivity contribution in [3.8, 4) is 5.75 Å². The van der Waals surface area contributed by atoms with Gasteiger partial charge in [0.15, 0.2) is 6.10 Å². The number of rotatable bonds is 7. The van der Waals surface area contributed by atoms with Crippen LogP contribution in [0.3, 0.4) is 0 Å². The number of quaternary nitrogens is 1. The zero-order chi connectivity index (χ0) is 22.7. The maximum absolute atomic E-state index is 12.7. The molecule has 2 aromatic carbocycles. The molecule has 0 aliphatic carbocycles. The van der Waals surface area contributed by atoms with Crippen LogP contribution in [-0.4, -0.2) is 48.1 Å². The smallest absolute Gasteiger partial charge is 0.338 e. The molecule has 1 atom stereocenters. The zero-order valence-corrected chi connectivity index (χ0v) is 22.4. The fourth-order valence-corrected chi connectivity index (χ4v) is 4.85. The first kappa shape index (κ1) is 28.0. The van der Waals surface area contributed by atoms with Gasteiger partial charge in [0.25, 0.3) is 0 Å². The number of piperidine rings is 3. The number of para-hydroxylation sites is 1. The summed E-state index contributed by atoms with van der Waals surface area (Å²) in [6.45, 7) is 5.12. The van der Waals surface area contributed by atoms with Gasteiger partial charge in [-0.1, -0.05) is 31.2 Å². The Kier molecular flexibility index (Phi) is 9.84. The Morgan fingerprint density at radius 2 is 1.68 bits per heavy atom. The van der Waals surface area contributed by atoms with Crippen LogP contribution in [0.5, 0.6) is 5.75 Å². The molecule has 0 saturated carbocycles. The molecule has 0 aromatic heterocycles. The second-order valence-electron chi connectivity index (χ2n) is 8.71. The van der Waals surface area contributed by atoms with Gasteiger partial charge in [0.05, 0.1) is 24.6 Å². The number of carboxylic acids is 1. The molecule has 3 aliphatic heterocycles.